The van der Waals surface area contributed by atoms with Gasteiger partial charge >= 0.3 is 39.5 Å². The van der Waals surface area contributed by atoms with E-state index in [2.05, 4.69) is 48.5 Å². The van der Waals surface area contributed by atoms with Crippen molar-refractivity contribution in [3.63, 3.8) is 0 Å². The Hall–Kier alpha value is -1.94. The second-order valence-corrected chi connectivity index (χ2v) is 36.6. The Morgan fingerprint density at radius 1 is 0.264 bits per heavy atom. The molecule has 0 heterocycles. The molecule has 3 N–H and O–H groups in total. The number of ether oxygens (including phenoxy) is 4. The van der Waals surface area contributed by atoms with E-state index in [1.54, 1.807) is 0 Å². The molecule has 0 saturated heterocycles. The Bertz CT molecular complexity index is 2120. The summed E-state index contributed by atoms with van der Waals surface area (Å²) in [6.45, 7) is 12.1. The maximum atomic E-state index is 13.2. The Kier molecular flexibility index (Phi) is 79.4. The monoisotopic (exact) mass is 1610 g/mol. The van der Waals surface area contributed by atoms with Crippen LogP contribution in [0.5, 0.6) is 0 Å². The SMILES string of the molecule is CCCCCCCCCC(=O)OC[C@H](COP(=O)(O)OC[C@H](O)COP(=O)(O)OC[C@@H](COC(=O)CCCCCCCCCCCCCCCCCCCCC(C)CC)OC(=O)CCCCCCCCCCCCCCCCCCCCC(C)CC)OC(=O)CCCCCCCCCCCCCCCCCCC(C)C. The van der Waals surface area contributed by atoms with Crippen LogP contribution in [-0.2, 0) is 65.4 Å². The molecule has 7 atom stereocenters. The minimum absolute atomic E-state index is 0.108. The van der Waals surface area contributed by atoms with Gasteiger partial charge in [0.05, 0.1) is 26.4 Å². The van der Waals surface area contributed by atoms with Crippen molar-refractivity contribution in [2.75, 3.05) is 39.6 Å². The molecule has 110 heavy (non-hydrogen) atoms. The number of aliphatic hydroxyl groups excluding tert-OH is 1. The number of hydrogen-bond donors (Lipinski definition) is 3. The summed E-state index contributed by atoms with van der Waals surface area (Å²) in [7, 11) is -9.93. The standard InChI is InChI=1S/C91H178O17P2/c1-8-11-12-13-48-58-65-72-88(93)101-78-86(107-90(95)74-67-61-54-47-41-35-29-23-22-24-30-36-42-49-55-62-69-82(4)5)80-105-109(97,98)103-76-85(92)77-104-110(99,100)106-81-87(108-91(96)75-68-60-53-46-40-34-28-21-17-15-19-26-32-38-44-51-57-64-71-84(7)10-3)79-102-89(94)73-66-59-52-45-39-33-27-20-16-14-18-25-31-37-43-50-56-63-70-83(6)9-2/h82-87,92H,8-81H2,1-7H3,(H,97,98)(H,99,100)/t83?,84?,85-,86+,87+/m0/s1. The van der Waals surface area contributed by atoms with Gasteiger partial charge < -0.3 is 33.8 Å². The van der Waals surface area contributed by atoms with Crippen molar-refractivity contribution in [3.8, 4) is 0 Å². The molecular formula is C91H178O17P2. The minimum atomic E-state index is -4.97. The summed E-state index contributed by atoms with van der Waals surface area (Å²) in [5, 5.41) is 10.7. The number of rotatable bonds is 89. The van der Waals surface area contributed by atoms with Crippen molar-refractivity contribution in [1.29, 1.82) is 0 Å². The summed E-state index contributed by atoms with van der Waals surface area (Å²) < 4.78 is 68.9. The van der Waals surface area contributed by atoms with Gasteiger partial charge in [-0.05, 0) is 43.4 Å². The first-order valence-electron chi connectivity index (χ1n) is 46.9. The molecule has 0 bridgehead atoms. The van der Waals surface area contributed by atoms with E-state index >= 15 is 0 Å². The van der Waals surface area contributed by atoms with Crippen molar-refractivity contribution in [1.82, 2.24) is 0 Å². The third-order valence-corrected chi connectivity index (χ3v) is 24.0. The first-order chi connectivity index (χ1) is 53.3. The van der Waals surface area contributed by atoms with E-state index in [-0.39, 0.29) is 25.7 Å². The van der Waals surface area contributed by atoms with Crippen LogP contribution in [-0.4, -0.2) is 96.7 Å². The average Bonchev–Trinajstić information content (AvgIpc) is 0.900. The molecule has 0 rings (SSSR count). The first kappa shape index (κ1) is 108. The molecule has 0 fully saturated rings. The molecule has 19 heteroatoms. The second-order valence-electron chi connectivity index (χ2n) is 33.7. The fourth-order valence-electron chi connectivity index (χ4n) is 14.2. The third kappa shape index (κ3) is 81.2. The Morgan fingerprint density at radius 2 is 0.464 bits per heavy atom. The van der Waals surface area contributed by atoms with Crippen molar-refractivity contribution in [3.05, 3.63) is 0 Å². The van der Waals surface area contributed by atoms with Gasteiger partial charge in [0.1, 0.15) is 19.3 Å². The van der Waals surface area contributed by atoms with Gasteiger partial charge in [-0.15, -0.1) is 0 Å². The maximum absolute atomic E-state index is 13.2. The highest BCUT2D eigenvalue weighted by Crippen LogP contribution is 2.45. The number of carbonyl (C=O) groups is 4. The number of phosphoric ester groups is 2. The molecule has 0 aromatic carbocycles. The van der Waals surface area contributed by atoms with Crippen LogP contribution in [0.1, 0.15) is 485 Å². The molecule has 0 aliphatic carbocycles. The van der Waals surface area contributed by atoms with Gasteiger partial charge in [0, 0.05) is 25.7 Å². The van der Waals surface area contributed by atoms with E-state index in [4.69, 9.17) is 37.0 Å². The van der Waals surface area contributed by atoms with E-state index in [0.29, 0.717) is 25.7 Å². The Morgan fingerprint density at radius 3 is 0.691 bits per heavy atom. The number of aliphatic hydroxyl groups is 1. The van der Waals surface area contributed by atoms with Crippen LogP contribution in [0.15, 0.2) is 0 Å². The molecule has 4 unspecified atom stereocenters. The topological polar surface area (TPSA) is 237 Å². The summed E-state index contributed by atoms with van der Waals surface area (Å²) in [6.07, 6.45) is 73.8. The summed E-state index contributed by atoms with van der Waals surface area (Å²) in [4.78, 5) is 73.2. The summed E-state index contributed by atoms with van der Waals surface area (Å²) >= 11 is 0. The van der Waals surface area contributed by atoms with Crippen LogP contribution in [0.25, 0.3) is 0 Å². The molecule has 654 valence electrons. The molecule has 0 radical (unpaired) electrons. The maximum Gasteiger partial charge on any atom is 0.472 e. The average molecular weight is 1610 g/mol. The predicted molar refractivity (Wildman–Crippen MR) is 455 cm³/mol. The predicted octanol–water partition coefficient (Wildman–Crippen LogP) is 28.0. The van der Waals surface area contributed by atoms with Crippen LogP contribution in [0.4, 0.5) is 0 Å². The van der Waals surface area contributed by atoms with E-state index in [0.717, 1.165) is 120 Å². The van der Waals surface area contributed by atoms with Crippen LogP contribution < -0.4 is 0 Å². The van der Waals surface area contributed by atoms with Gasteiger partial charge in [-0.3, -0.25) is 37.3 Å². The summed E-state index contributed by atoms with van der Waals surface area (Å²) in [6, 6.07) is 0. The third-order valence-electron chi connectivity index (χ3n) is 22.1. The molecule has 0 saturated carbocycles. The second kappa shape index (κ2) is 80.8. The quantitative estimate of drug-likeness (QED) is 0.0222. The molecule has 0 amide bonds. The minimum Gasteiger partial charge on any atom is -0.462 e. The molecule has 0 aromatic rings. The molecule has 0 aliphatic rings. The van der Waals surface area contributed by atoms with Crippen LogP contribution in [0.2, 0.25) is 0 Å². The van der Waals surface area contributed by atoms with E-state index in [1.165, 1.54) is 283 Å². The number of unbranched alkanes of at least 4 members (excludes halogenated alkanes) is 55. The molecule has 0 aliphatic heterocycles. The Balaban J connectivity index is 5.15. The van der Waals surface area contributed by atoms with E-state index in [9.17, 15) is 43.2 Å². The molecule has 0 aromatic heterocycles. The van der Waals surface area contributed by atoms with Crippen LogP contribution in [0, 0.1) is 17.8 Å². The number of carbonyl (C=O) groups excluding carboxylic acids is 4. The van der Waals surface area contributed by atoms with Gasteiger partial charge in [0.2, 0.25) is 0 Å². The lowest BCUT2D eigenvalue weighted by Crippen LogP contribution is -2.30. The van der Waals surface area contributed by atoms with Gasteiger partial charge in [-0.25, -0.2) is 9.13 Å². The van der Waals surface area contributed by atoms with Gasteiger partial charge in [0.25, 0.3) is 0 Å². The molecular weight excluding hydrogens is 1430 g/mol. The van der Waals surface area contributed by atoms with Gasteiger partial charge in [-0.1, -0.05) is 434 Å². The lowest BCUT2D eigenvalue weighted by atomic mass is 9.99. The largest absolute Gasteiger partial charge is 0.472 e. The highest BCUT2D eigenvalue weighted by Gasteiger charge is 2.31. The highest BCUT2D eigenvalue weighted by atomic mass is 31.2. The normalized spacial score (nSPS) is 14.3. The number of phosphoric acid groups is 2. The molecule has 17 nitrogen and oxygen atoms in total. The van der Waals surface area contributed by atoms with Gasteiger partial charge in [0.15, 0.2) is 12.2 Å². The van der Waals surface area contributed by atoms with Crippen LogP contribution in [0.3, 0.4) is 0 Å². The zero-order chi connectivity index (χ0) is 80.8. The number of esters is 4. The van der Waals surface area contributed by atoms with Crippen molar-refractivity contribution >= 4 is 39.5 Å². The van der Waals surface area contributed by atoms with Crippen molar-refractivity contribution in [2.45, 2.75) is 503 Å². The highest BCUT2D eigenvalue weighted by molar-refractivity contribution is 7.47. The zero-order valence-corrected chi connectivity index (χ0v) is 74.5. The first-order valence-corrected chi connectivity index (χ1v) is 49.9. The van der Waals surface area contributed by atoms with Crippen molar-refractivity contribution < 1.29 is 80.2 Å². The lowest BCUT2D eigenvalue weighted by Gasteiger charge is -2.21. The summed E-state index contributed by atoms with van der Waals surface area (Å²) in [5.74, 6) is 0.451. The van der Waals surface area contributed by atoms with Crippen molar-refractivity contribution in [2.24, 2.45) is 17.8 Å². The lowest BCUT2D eigenvalue weighted by molar-refractivity contribution is -0.161. The fraction of sp³-hybridized carbons (Fsp3) is 0.956. The number of hydrogen-bond acceptors (Lipinski definition) is 15. The zero-order valence-electron chi connectivity index (χ0n) is 72.7. The molecule has 0 spiro atoms. The smallest absolute Gasteiger partial charge is 0.462 e. The Labute approximate surface area is 677 Å². The van der Waals surface area contributed by atoms with E-state index in [1.807, 2.05) is 0 Å². The van der Waals surface area contributed by atoms with E-state index < -0.39 is 97.5 Å². The van der Waals surface area contributed by atoms with Crippen LogP contribution >= 0.6 is 15.6 Å². The fourth-order valence-corrected chi connectivity index (χ4v) is 15.8. The summed E-state index contributed by atoms with van der Waals surface area (Å²) in [5.41, 5.74) is 0. The van der Waals surface area contributed by atoms with Gasteiger partial charge in [-0.2, -0.15) is 0 Å².